The van der Waals surface area contributed by atoms with E-state index < -0.39 is 22.8 Å². The van der Waals surface area contributed by atoms with Crippen molar-refractivity contribution in [2.75, 3.05) is 11.5 Å². The standard InChI is InChI=1S/C26H19BrClN3O7/c1-2-37-22-12-16(11-21(27)23(22)38-14-15-6-8-17(28)9-7-15)10-20-24(32)29-26(34)30(25(20)33)18-4-3-5-19(13-18)31(35)36/h3-13H,2,14H2,1H3,(H,29,32,34)/b20-10+. The van der Waals surface area contributed by atoms with Gasteiger partial charge in [0.05, 0.1) is 21.7 Å². The van der Waals surface area contributed by atoms with Crippen LogP contribution in [0.2, 0.25) is 5.02 Å². The highest BCUT2D eigenvalue weighted by Crippen LogP contribution is 2.38. The number of hydrogen-bond acceptors (Lipinski definition) is 7. The van der Waals surface area contributed by atoms with Gasteiger partial charge in [0.2, 0.25) is 0 Å². The molecule has 38 heavy (non-hydrogen) atoms. The molecule has 0 atom stereocenters. The van der Waals surface area contributed by atoms with Gasteiger partial charge in [-0.3, -0.25) is 25.0 Å². The van der Waals surface area contributed by atoms with E-state index in [2.05, 4.69) is 21.2 Å². The van der Waals surface area contributed by atoms with Crippen molar-refractivity contribution in [1.29, 1.82) is 0 Å². The SMILES string of the molecule is CCOc1cc(/C=C2\C(=O)NC(=O)N(c3cccc([N+](=O)[O-])c3)C2=O)cc(Br)c1OCc1ccc(Cl)cc1. The molecule has 0 aliphatic carbocycles. The quantitative estimate of drug-likeness (QED) is 0.153. The molecule has 1 aliphatic rings. The van der Waals surface area contributed by atoms with Gasteiger partial charge in [0.15, 0.2) is 11.5 Å². The fraction of sp³-hybridized carbons (Fsp3) is 0.115. The fourth-order valence-electron chi connectivity index (χ4n) is 3.61. The fourth-order valence-corrected chi connectivity index (χ4v) is 4.31. The maximum absolute atomic E-state index is 13.2. The summed E-state index contributed by atoms with van der Waals surface area (Å²) in [7, 11) is 0. The average Bonchev–Trinajstić information content (AvgIpc) is 2.87. The lowest BCUT2D eigenvalue weighted by Gasteiger charge is -2.26. The van der Waals surface area contributed by atoms with E-state index in [4.69, 9.17) is 21.1 Å². The molecule has 1 fully saturated rings. The number of carbonyl (C=O) groups is 3. The highest BCUT2D eigenvalue weighted by Gasteiger charge is 2.37. The minimum atomic E-state index is -1.01. The van der Waals surface area contributed by atoms with Gasteiger partial charge in [-0.15, -0.1) is 0 Å². The lowest BCUT2D eigenvalue weighted by molar-refractivity contribution is -0.384. The number of non-ortho nitro benzene ring substituents is 1. The molecule has 3 aromatic rings. The maximum atomic E-state index is 13.2. The zero-order chi connectivity index (χ0) is 27.4. The second-order valence-corrected chi connectivity index (χ2v) is 9.20. The predicted octanol–water partition coefficient (Wildman–Crippen LogP) is 5.65. The number of halogens is 2. The molecule has 4 rings (SSSR count). The Hall–Kier alpha value is -4.22. The first kappa shape index (κ1) is 26.8. The average molecular weight is 601 g/mol. The molecular formula is C26H19BrClN3O7. The Morgan fingerprint density at radius 3 is 2.50 bits per heavy atom. The molecule has 0 unspecified atom stereocenters. The summed E-state index contributed by atoms with van der Waals surface area (Å²) < 4.78 is 12.2. The highest BCUT2D eigenvalue weighted by molar-refractivity contribution is 9.10. The minimum Gasteiger partial charge on any atom is -0.490 e. The van der Waals surface area contributed by atoms with Crippen LogP contribution in [0, 0.1) is 10.1 Å². The summed E-state index contributed by atoms with van der Waals surface area (Å²) in [4.78, 5) is 49.4. The van der Waals surface area contributed by atoms with Crippen LogP contribution in [-0.2, 0) is 16.2 Å². The van der Waals surface area contributed by atoms with Crippen molar-refractivity contribution in [1.82, 2.24) is 5.32 Å². The van der Waals surface area contributed by atoms with Gasteiger partial charge in [0.25, 0.3) is 17.5 Å². The molecule has 3 aromatic carbocycles. The van der Waals surface area contributed by atoms with Crippen molar-refractivity contribution in [3.05, 3.63) is 97.0 Å². The number of imide groups is 2. The van der Waals surface area contributed by atoms with E-state index in [0.29, 0.717) is 38.1 Å². The van der Waals surface area contributed by atoms with E-state index in [1.54, 1.807) is 31.2 Å². The number of anilines is 1. The van der Waals surface area contributed by atoms with Crippen LogP contribution in [0.3, 0.4) is 0 Å². The number of urea groups is 1. The Morgan fingerprint density at radius 1 is 1.08 bits per heavy atom. The van der Waals surface area contributed by atoms with Crippen LogP contribution in [0.4, 0.5) is 16.2 Å². The predicted molar refractivity (Wildman–Crippen MR) is 143 cm³/mol. The van der Waals surface area contributed by atoms with Gasteiger partial charge in [0.1, 0.15) is 12.2 Å². The van der Waals surface area contributed by atoms with Gasteiger partial charge in [-0.1, -0.05) is 29.8 Å². The Bertz CT molecular complexity index is 1470. The normalized spacial score (nSPS) is 14.4. The Labute approximate surface area is 230 Å². The van der Waals surface area contributed by atoms with Gasteiger partial charge in [0, 0.05) is 17.2 Å². The molecule has 1 aliphatic heterocycles. The molecule has 0 saturated carbocycles. The van der Waals surface area contributed by atoms with Crippen LogP contribution in [0.15, 0.2) is 70.7 Å². The number of benzene rings is 3. The number of nitro benzene ring substituents is 1. The lowest BCUT2D eigenvalue weighted by Crippen LogP contribution is -2.54. The van der Waals surface area contributed by atoms with E-state index in [1.165, 1.54) is 24.3 Å². The summed E-state index contributed by atoms with van der Waals surface area (Å²) in [5.74, 6) is -1.06. The number of amides is 4. The summed E-state index contributed by atoms with van der Waals surface area (Å²) >= 11 is 9.39. The first-order valence-electron chi connectivity index (χ1n) is 11.2. The largest absolute Gasteiger partial charge is 0.490 e. The third-order valence-electron chi connectivity index (χ3n) is 5.34. The van der Waals surface area contributed by atoms with E-state index >= 15 is 0 Å². The number of ether oxygens (including phenoxy) is 2. The Balaban J connectivity index is 1.66. The molecule has 1 heterocycles. The van der Waals surface area contributed by atoms with Crippen molar-refractivity contribution >= 4 is 62.8 Å². The molecular weight excluding hydrogens is 582 g/mol. The Morgan fingerprint density at radius 2 is 1.82 bits per heavy atom. The first-order valence-corrected chi connectivity index (χ1v) is 12.3. The number of hydrogen-bond donors (Lipinski definition) is 1. The van der Waals surface area contributed by atoms with Gasteiger partial charge in [-0.2, -0.15) is 0 Å². The van der Waals surface area contributed by atoms with Crippen molar-refractivity contribution in [2.45, 2.75) is 13.5 Å². The maximum Gasteiger partial charge on any atom is 0.335 e. The summed E-state index contributed by atoms with van der Waals surface area (Å²) in [6, 6.07) is 14.4. The Kier molecular flexibility index (Phi) is 8.08. The summed E-state index contributed by atoms with van der Waals surface area (Å²) in [6.45, 7) is 2.35. The van der Waals surface area contributed by atoms with Crippen LogP contribution >= 0.6 is 27.5 Å². The minimum absolute atomic E-state index is 0.0535. The third kappa shape index (κ3) is 5.84. The monoisotopic (exact) mass is 599 g/mol. The van der Waals surface area contributed by atoms with Crippen LogP contribution < -0.4 is 19.7 Å². The molecule has 12 heteroatoms. The van der Waals surface area contributed by atoms with Crippen LogP contribution in [0.1, 0.15) is 18.1 Å². The van der Waals surface area contributed by atoms with E-state index in [0.717, 1.165) is 11.6 Å². The summed E-state index contributed by atoms with van der Waals surface area (Å²) in [5.41, 5.74) is 0.573. The molecule has 10 nitrogen and oxygen atoms in total. The number of nitro groups is 1. The van der Waals surface area contributed by atoms with Crippen LogP contribution in [0.25, 0.3) is 6.08 Å². The number of rotatable bonds is 8. The number of nitrogens with one attached hydrogen (secondary N) is 1. The smallest absolute Gasteiger partial charge is 0.335 e. The molecule has 1 saturated heterocycles. The van der Waals surface area contributed by atoms with Gasteiger partial charge >= 0.3 is 6.03 Å². The molecule has 0 radical (unpaired) electrons. The van der Waals surface area contributed by atoms with E-state index in [1.807, 2.05) is 12.1 Å². The van der Waals surface area contributed by atoms with Crippen molar-refractivity contribution < 1.29 is 28.8 Å². The van der Waals surface area contributed by atoms with Crippen LogP contribution in [0.5, 0.6) is 11.5 Å². The zero-order valence-corrected chi connectivity index (χ0v) is 22.1. The van der Waals surface area contributed by atoms with Crippen molar-refractivity contribution in [3.8, 4) is 11.5 Å². The zero-order valence-electron chi connectivity index (χ0n) is 19.8. The second-order valence-electron chi connectivity index (χ2n) is 7.91. The first-order chi connectivity index (χ1) is 18.2. The second kappa shape index (κ2) is 11.4. The van der Waals surface area contributed by atoms with E-state index in [-0.39, 0.29) is 23.6 Å². The van der Waals surface area contributed by atoms with Crippen LogP contribution in [-0.4, -0.2) is 29.4 Å². The lowest BCUT2D eigenvalue weighted by atomic mass is 10.1. The molecule has 0 spiro atoms. The third-order valence-corrected chi connectivity index (χ3v) is 6.18. The topological polar surface area (TPSA) is 128 Å². The molecule has 0 aromatic heterocycles. The molecule has 0 bridgehead atoms. The van der Waals surface area contributed by atoms with E-state index in [9.17, 15) is 24.5 Å². The molecule has 194 valence electrons. The number of barbiturate groups is 1. The van der Waals surface area contributed by atoms with Crippen molar-refractivity contribution in [2.24, 2.45) is 0 Å². The summed E-state index contributed by atoms with van der Waals surface area (Å²) in [5, 5.41) is 13.8. The number of nitrogens with zero attached hydrogens (tertiary/aromatic N) is 2. The number of carbonyl (C=O) groups excluding carboxylic acids is 3. The van der Waals surface area contributed by atoms with Gasteiger partial charge in [-0.05, 0) is 70.4 Å². The van der Waals surface area contributed by atoms with Gasteiger partial charge < -0.3 is 9.47 Å². The van der Waals surface area contributed by atoms with Crippen molar-refractivity contribution in [3.63, 3.8) is 0 Å². The van der Waals surface area contributed by atoms with Gasteiger partial charge in [-0.25, -0.2) is 9.69 Å². The molecule has 4 amide bonds. The summed E-state index contributed by atoms with van der Waals surface area (Å²) in [6.07, 6.45) is 1.30. The molecule has 1 N–H and O–H groups in total. The highest BCUT2D eigenvalue weighted by atomic mass is 79.9.